The van der Waals surface area contributed by atoms with E-state index in [9.17, 15) is 19.5 Å². The molecule has 0 radical (unpaired) electrons. The van der Waals surface area contributed by atoms with Crippen LogP contribution in [0.15, 0.2) is 42.5 Å². The van der Waals surface area contributed by atoms with Crippen molar-refractivity contribution >= 4 is 17.9 Å². The molecule has 0 aliphatic heterocycles. The molecule has 4 bridgehead atoms. The highest BCUT2D eigenvalue weighted by Crippen LogP contribution is 2.62. The fraction of sp³-hybridized carbons (Fsp3) is 0.423. The van der Waals surface area contributed by atoms with E-state index < -0.39 is 11.9 Å². The smallest absolute Gasteiger partial charge is 0.343 e. The van der Waals surface area contributed by atoms with Gasteiger partial charge in [-0.1, -0.05) is 12.1 Å². The van der Waals surface area contributed by atoms with Gasteiger partial charge in [0.25, 0.3) is 0 Å². The van der Waals surface area contributed by atoms with Crippen molar-refractivity contribution in [3.05, 3.63) is 59.2 Å². The fourth-order valence-electron chi connectivity index (χ4n) is 6.65. The molecule has 0 amide bonds. The molecule has 6 heteroatoms. The van der Waals surface area contributed by atoms with Crippen LogP contribution in [-0.2, 0) is 10.2 Å². The highest BCUT2D eigenvalue weighted by molar-refractivity contribution is 5.95. The zero-order valence-electron chi connectivity index (χ0n) is 18.0. The maximum atomic E-state index is 13.0. The first-order chi connectivity index (χ1) is 15.3. The highest BCUT2D eigenvalue weighted by Gasteiger charge is 2.52. The topological polar surface area (TPSA) is 89.9 Å². The molecule has 0 heterocycles. The third kappa shape index (κ3) is 3.68. The predicted octanol–water partition coefficient (Wildman–Crippen LogP) is 5.00. The van der Waals surface area contributed by atoms with Crippen molar-refractivity contribution in [1.82, 2.24) is 0 Å². The molecule has 6 nitrogen and oxygen atoms in total. The second kappa shape index (κ2) is 7.76. The van der Waals surface area contributed by atoms with Crippen molar-refractivity contribution in [2.24, 2.45) is 17.8 Å². The van der Waals surface area contributed by atoms with Crippen LogP contribution in [-0.4, -0.2) is 23.0 Å². The van der Waals surface area contributed by atoms with Gasteiger partial charge in [0.15, 0.2) is 0 Å². The second-order valence-electron chi connectivity index (χ2n) is 9.69. The van der Waals surface area contributed by atoms with Crippen LogP contribution >= 0.6 is 0 Å². The maximum absolute atomic E-state index is 13.0. The van der Waals surface area contributed by atoms with E-state index in [0.717, 1.165) is 24.8 Å². The number of carboxylic acids is 1. The Morgan fingerprint density at radius 1 is 0.875 bits per heavy atom. The minimum absolute atomic E-state index is 0.00502. The lowest BCUT2D eigenvalue weighted by Crippen LogP contribution is -2.48. The van der Waals surface area contributed by atoms with E-state index in [4.69, 9.17) is 9.47 Å². The Bertz CT molecular complexity index is 1070. The molecular formula is C26H26O6. The van der Waals surface area contributed by atoms with Crippen molar-refractivity contribution in [2.45, 2.75) is 50.9 Å². The lowest BCUT2D eigenvalue weighted by molar-refractivity contribution is -0.132. The number of carbonyl (C=O) groups is 3. The molecule has 0 spiro atoms. The summed E-state index contributed by atoms with van der Waals surface area (Å²) in [4.78, 5) is 36.2. The minimum atomic E-state index is -1.16. The molecule has 2 aromatic rings. The first-order valence-electron chi connectivity index (χ1n) is 11.2. The van der Waals surface area contributed by atoms with Crippen LogP contribution in [0.3, 0.4) is 0 Å². The lowest BCUT2D eigenvalue weighted by Gasteiger charge is -2.57. The summed E-state index contributed by atoms with van der Waals surface area (Å²) >= 11 is 0. The highest BCUT2D eigenvalue weighted by atomic mass is 16.5. The molecule has 4 fully saturated rings. The molecule has 0 atom stereocenters. The summed E-state index contributed by atoms with van der Waals surface area (Å²) in [6.45, 7) is 1.38. The third-order valence-electron chi connectivity index (χ3n) is 7.40. The average Bonchev–Trinajstić information content (AvgIpc) is 2.72. The Morgan fingerprint density at radius 3 is 2.09 bits per heavy atom. The van der Waals surface area contributed by atoms with Crippen molar-refractivity contribution < 1.29 is 29.0 Å². The van der Waals surface area contributed by atoms with E-state index in [1.165, 1.54) is 38.3 Å². The monoisotopic (exact) mass is 434 g/mol. The molecule has 1 N–H and O–H groups in total. The SMILES string of the molecule is CC(=O)Oc1ccc(C(=O)Oc2ccccc2C(=O)O)cc1C12CC3CC(CC(C3)C1)C2. The van der Waals surface area contributed by atoms with Crippen molar-refractivity contribution in [1.29, 1.82) is 0 Å². The molecule has 166 valence electrons. The van der Waals surface area contributed by atoms with Gasteiger partial charge in [-0.05, 0) is 92.0 Å². The molecule has 0 aromatic heterocycles. The van der Waals surface area contributed by atoms with Crippen molar-refractivity contribution in [2.75, 3.05) is 0 Å². The number of hydrogen-bond acceptors (Lipinski definition) is 5. The van der Waals surface area contributed by atoms with Gasteiger partial charge in [0.2, 0.25) is 0 Å². The summed E-state index contributed by atoms with van der Waals surface area (Å²) in [5.74, 6) is 0.402. The molecular weight excluding hydrogens is 408 g/mol. The summed E-state index contributed by atoms with van der Waals surface area (Å²) < 4.78 is 11.0. The van der Waals surface area contributed by atoms with Gasteiger partial charge in [0.05, 0.1) is 5.56 Å². The van der Waals surface area contributed by atoms with E-state index in [-0.39, 0.29) is 22.7 Å². The lowest BCUT2D eigenvalue weighted by atomic mass is 9.48. The molecule has 0 saturated heterocycles. The van der Waals surface area contributed by atoms with Crippen LogP contribution in [0, 0.1) is 17.8 Å². The van der Waals surface area contributed by atoms with Gasteiger partial charge >= 0.3 is 17.9 Å². The fourth-order valence-corrected chi connectivity index (χ4v) is 6.65. The van der Waals surface area contributed by atoms with Crippen LogP contribution in [0.5, 0.6) is 11.5 Å². The first-order valence-corrected chi connectivity index (χ1v) is 11.2. The number of hydrogen-bond donors (Lipinski definition) is 1. The van der Waals surface area contributed by atoms with Gasteiger partial charge in [-0.2, -0.15) is 0 Å². The molecule has 4 aliphatic carbocycles. The van der Waals surface area contributed by atoms with Gasteiger partial charge in [-0.25, -0.2) is 9.59 Å². The van der Waals surface area contributed by atoms with Crippen LogP contribution in [0.25, 0.3) is 0 Å². The number of ether oxygens (including phenoxy) is 2. The summed E-state index contributed by atoms with van der Waals surface area (Å²) in [7, 11) is 0. The molecule has 2 aromatic carbocycles. The number of para-hydroxylation sites is 1. The summed E-state index contributed by atoms with van der Waals surface area (Å²) in [6.07, 6.45) is 6.97. The summed E-state index contributed by atoms with van der Waals surface area (Å²) in [6, 6.07) is 11.1. The third-order valence-corrected chi connectivity index (χ3v) is 7.40. The summed E-state index contributed by atoms with van der Waals surface area (Å²) in [5.41, 5.74) is 1.08. The summed E-state index contributed by atoms with van der Waals surface area (Å²) in [5, 5.41) is 9.37. The Labute approximate surface area is 186 Å². The zero-order chi connectivity index (χ0) is 22.5. The maximum Gasteiger partial charge on any atom is 0.343 e. The van der Waals surface area contributed by atoms with Crippen LogP contribution in [0.2, 0.25) is 0 Å². The Morgan fingerprint density at radius 2 is 1.50 bits per heavy atom. The van der Waals surface area contributed by atoms with E-state index >= 15 is 0 Å². The molecule has 6 rings (SSSR count). The number of carbonyl (C=O) groups excluding carboxylic acids is 2. The standard InChI is InChI=1S/C26H26O6/c1-15(27)31-23-7-6-19(25(30)32-22-5-3-2-4-20(22)24(28)29)11-21(23)26-12-16-8-17(13-26)10-18(9-16)14-26/h2-7,11,16-18H,8-10,12-14H2,1H3,(H,28,29). The van der Waals surface area contributed by atoms with Crippen LogP contribution in [0.4, 0.5) is 0 Å². The second-order valence-corrected chi connectivity index (χ2v) is 9.69. The predicted molar refractivity (Wildman–Crippen MR) is 116 cm³/mol. The van der Waals surface area contributed by atoms with Gasteiger partial charge in [0.1, 0.15) is 17.1 Å². The van der Waals surface area contributed by atoms with E-state index in [2.05, 4.69) is 0 Å². The van der Waals surface area contributed by atoms with E-state index in [1.54, 1.807) is 30.3 Å². The van der Waals surface area contributed by atoms with Crippen molar-refractivity contribution in [3.8, 4) is 11.5 Å². The van der Waals surface area contributed by atoms with Gasteiger partial charge in [-0.3, -0.25) is 4.79 Å². The van der Waals surface area contributed by atoms with Crippen molar-refractivity contribution in [3.63, 3.8) is 0 Å². The zero-order valence-corrected chi connectivity index (χ0v) is 18.0. The number of esters is 2. The van der Waals surface area contributed by atoms with Gasteiger partial charge < -0.3 is 14.6 Å². The van der Waals surface area contributed by atoms with Gasteiger partial charge in [0, 0.05) is 12.5 Å². The van der Waals surface area contributed by atoms with E-state index in [0.29, 0.717) is 29.1 Å². The number of carboxylic acid groups (broad SMARTS) is 1. The van der Waals surface area contributed by atoms with Crippen LogP contribution in [0.1, 0.15) is 71.7 Å². The molecule has 4 aliphatic rings. The van der Waals surface area contributed by atoms with Gasteiger partial charge in [-0.15, -0.1) is 0 Å². The number of benzene rings is 2. The van der Waals surface area contributed by atoms with E-state index in [1.807, 2.05) is 0 Å². The Balaban J connectivity index is 1.51. The van der Waals surface area contributed by atoms with Crippen LogP contribution < -0.4 is 9.47 Å². The first kappa shape index (κ1) is 20.7. The quantitative estimate of drug-likeness (QED) is 0.526. The number of aromatic carboxylic acids is 1. The number of rotatable bonds is 5. The average molecular weight is 434 g/mol. The minimum Gasteiger partial charge on any atom is -0.478 e. The normalized spacial score (nSPS) is 27.7. The molecule has 0 unspecified atom stereocenters. The largest absolute Gasteiger partial charge is 0.478 e. The Hall–Kier alpha value is -3.15. The molecule has 32 heavy (non-hydrogen) atoms. The Kier molecular flexibility index (Phi) is 5.03. The molecule has 4 saturated carbocycles.